The van der Waals surface area contributed by atoms with Gasteiger partial charge in [0.05, 0.1) is 4.88 Å². The molecular formula is C20H22N6S. The third-order valence-electron chi connectivity index (χ3n) is 5.14. The van der Waals surface area contributed by atoms with Gasteiger partial charge in [0.1, 0.15) is 11.2 Å². The second-order valence-corrected chi connectivity index (χ2v) is 8.27. The highest BCUT2D eigenvalue weighted by Gasteiger charge is 2.18. The molecule has 0 amide bonds. The molecule has 0 unspecified atom stereocenters. The van der Waals surface area contributed by atoms with Gasteiger partial charge in [0, 0.05) is 36.4 Å². The molecule has 7 heteroatoms. The van der Waals surface area contributed by atoms with Crippen LogP contribution in [0.5, 0.6) is 0 Å². The van der Waals surface area contributed by atoms with E-state index in [1.807, 2.05) is 41.4 Å². The third kappa shape index (κ3) is 3.17. The quantitative estimate of drug-likeness (QED) is 0.581. The van der Waals surface area contributed by atoms with Crippen molar-refractivity contribution in [1.29, 1.82) is 0 Å². The van der Waals surface area contributed by atoms with Crippen molar-refractivity contribution in [3.05, 3.63) is 41.5 Å². The average Bonchev–Trinajstić information content (AvgIpc) is 3.40. The Morgan fingerprint density at radius 2 is 2.04 bits per heavy atom. The molecule has 6 nitrogen and oxygen atoms in total. The van der Waals surface area contributed by atoms with Gasteiger partial charge in [0.25, 0.3) is 0 Å². The SMILES string of the molecule is Cn1nc(-c2cccnc2)c2[nH]c(-c3ccc(CN4CCCCC4)s3)nc21. The molecule has 1 aliphatic rings. The molecule has 0 aromatic carbocycles. The van der Waals surface area contributed by atoms with Gasteiger partial charge in [-0.25, -0.2) is 9.67 Å². The summed E-state index contributed by atoms with van der Waals surface area (Å²) in [7, 11) is 1.93. The summed E-state index contributed by atoms with van der Waals surface area (Å²) in [6.07, 6.45) is 7.64. The molecule has 4 aromatic rings. The van der Waals surface area contributed by atoms with Gasteiger partial charge < -0.3 is 4.98 Å². The van der Waals surface area contributed by atoms with Crippen LogP contribution in [0.15, 0.2) is 36.7 Å². The molecule has 5 heterocycles. The first-order valence-corrected chi connectivity index (χ1v) is 10.2. The van der Waals surface area contributed by atoms with Gasteiger partial charge in [0.15, 0.2) is 11.5 Å². The topological polar surface area (TPSA) is 62.6 Å². The van der Waals surface area contributed by atoms with Gasteiger partial charge in [-0.1, -0.05) is 6.42 Å². The van der Waals surface area contributed by atoms with Gasteiger partial charge in [-0.3, -0.25) is 9.88 Å². The van der Waals surface area contributed by atoms with Crippen molar-refractivity contribution >= 4 is 22.5 Å². The molecule has 1 saturated heterocycles. The molecule has 5 rings (SSSR count). The normalized spacial score (nSPS) is 15.6. The number of piperidine rings is 1. The van der Waals surface area contributed by atoms with Gasteiger partial charge in [-0.15, -0.1) is 11.3 Å². The van der Waals surface area contributed by atoms with Crippen LogP contribution < -0.4 is 0 Å². The summed E-state index contributed by atoms with van der Waals surface area (Å²) in [6, 6.07) is 8.37. The molecule has 0 saturated carbocycles. The number of thiophene rings is 1. The lowest BCUT2D eigenvalue weighted by atomic mass is 10.1. The molecule has 138 valence electrons. The van der Waals surface area contributed by atoms with Gasteiger partial charge in [-0.2, -0.15) is 5.10 Å². The number of likely N-dealkylation sites (tertiary alicyclic amines) is 1. The van der Waals surface area contributed by atoms with Crippen molar-refractivity contribution in [2.24, 2.45) is 7.05 Å². The number of aryl methyl sites for hydroxylation is 1. The largest absolute Gasteiger partial charge is 0.334 e. The Kier molecular flexibility index (Phi) is 4.26. The number of pyridine rings is 1. The summed E-state index contributed by atoms with van der Waals surface area (Å²) in [5, 5.41) is 4.62. The maximum atomic E-state index is 4.81. The van der Waals surface area contributed by atoms with Crippen LogP contribution in [0.25, 0.3) is 33.1 Å². The lowest BCUT2D eigenvalue weighted by Gasteiger charge is -2.25. The monoisotopic (exact) mass is 378 g/mol. The number of nitrogens with one attached hydrogen (secondary N) is 1. The lowest BCUT2D eigenvalue weighted by Crippen LogP contribution is -2.28. The standard InChI is InChI=1S/C20H22N6S/c1-25-20-18(17(24-25)14-6-5-9-21-12-14)22-19(23-20)16-8-7-15(27-16)13-26-10-3-2-4-11-26/h5-9,12H,2-4,10-11,13H2,1H3,(H,22,23). The number of rotatable bonds is 4. The molecule has 4 aromatic heterocycles. The molecule has 0 bridgehead atoms. The van der Waals surface area contributed by atoms with E-state index in [1.54, 1.807) is 6.20 Å². The number of aromatic nitrogens is 5. The fraction of sp³-hybridized carbons (Fsp3) is 0.350. The lowest BCUT2D eigenvalue weighted by molar-refractivity contribution is 0.222. The maximum Gasteiger partial charge on any atom is 0.177 e. The van der Waals surface area contributed by atoms with Crippen molar-refractivity contribution in [2.45, 2.75) is 25.8 Å². The highest BCUT2D eigenvalue weighted by molar-refractivity contribution is 7.15. The van der Waals surface area contributed by atoms with E-state index in [0.717, 1.165) is 34.8 Å². The van der Waals surface area contributed by atoms with Crippen molar-refractivity contribution in [1.82, 2.24) is 29.6 Å². The summed E-state index contributed by atoms with van der Waals surface area (Å²) in [5.41, 5.74) is 3.72. The second kappa shape index (κ2) is 6.90. The van der Waals surface area contributed by atoms with E-state index in [2.05, 4.69) is 32.1 Å². The zero-order chi connectivity index (χ0) is 18.2. The highest BCUT2D eigenvalue weighted by Crippen LogP contribution is 2.32. The Labute approximate surface area is 161 Å². The minimum Gasteiger partial charge on any atom is -0.334 e. The Morgan fingerprint density at radius 3 is 2.85 bits per heavy atom. The van der Waals surface area contributed by atoms with Crippen LogP contribution in [-0.2, 0) is 13.6 Å². The van der Waals surface area contributed by atoms with E-state index in [0.29, 0.717) is 0 Å². The average molecular weight is 379 g/mol. The Bertz CT molecular complexity index is 1050. The minimum atomic E-state index is 0.870. The van der Waals surface area contributed by atoms with Gasteiger partial charge >= 0.3 is 0 Å². The summed E-state index contributed by atoms with van der Waals surface area (Å²) < 4.78 is 1.83. The zero-order valence-corrected chi connectivity index (χ0v) is 16.2. The van der Waals surface area contributed by atoms with E-state index in [-0.39, 0.29) is 0 Å². The first-order valence-electron chi connectivity index (χ1n) is 9.42. The van der Waals surface area contributed by atoms with E-state index >= 15 is 0 Å². The number of H-pyrrole nitrogens is 1. The van der Waals surface area contributed by atoms with Crippen LogP contribution in [0.3, 0.4) is 0 Å². The fourth-order valence-corrected chi connectivity index (χ4v) is 4.76. The van der Waals surface area contributed by atoms with Crippen molar-refractivity contribution in [2.75, 3.05) is 13.1 Å². The van der Waals surface area contributed by atoms with Gasteiger partial charge in [-0.05, 0) is 50.2 Å². The number of aromatic amines is 1. The van der Waals surface area contributed by atoms with Crippen molar-refractivity contribution in [3.8, 4) is 22.0 Å². The number of hydrogen-bond donors (Lipinski definition) is 1. The second-order valence-electron chi connectivity index (χ2n) is 7.10. The molecule has 27 heavy (non-hydrogen) atoms. The molecule has 1 aliphatic heterocycles. The predicted molar refractivity (Wildman–Crippen MR) is 109 cm³/mol. The first-order chi connectivity index (χ1) is 13.3. The molecule has 0 radical (unpaired) electrons. The van der Waals surface area contributed by atoms with Crippen LogP contribution in [0.1, 0.15) is 24.1 Å². The number of fused-ring (bicyclic) bond motifs is 1. The molecule has 0 atom stereocenters. The Morgan fingerprint density at radius 1 is 1.15 bits per heavy atom. The van der Waals surface area contributed by atoms with Crippen LogP contribution in [0.4, 0.5) is 0 Å². The van der Waals surface area contributed by atoms with E-state index in [1.165, 1.54) is 42.1 Å². The molecule has 1 N–H and O–H groups in total. The molecule has 0 aliphatic carbocycles. The van der Waals surface area contributed by atoms with E-state index < -0.39 is 0 Å². The number of nitrogens with zero attached hydrogens (tertiary/aromatic N) is 5. The van der Waals surface area contributed by atoms with Crippen LogP contribution in [-0.4, -0.2) is 42.7 Å². The number of hydrogen-bond acceptors (Lipinski definition) is 5. The van der Waals surface area contributed by atoms with Gasteiger partial charge in [0.2, 0.25) is 0 Å². The molecular weight excluding hydrogens is 356 g/mol. The maximum absolute atomic E-state index is 4.81. The van der Waals surface area contributed by atoms with Crippen molar-refractivity contribution < 1.29 is 0 Å². The summed E-state index contributed by atoms with van der Waals surface area (Å²) >= 11 is 1.83. The number of imidazole rings is 1. The van der Waals surface area contributed by atoms with Crippen molar-refractivity contribution in [3.63, 3.8) is 0 Å². The fourth-order valence-electron chi connectivity index (χ4n) is 3.76. The smallest absolute Gasteiger partial charge is 0.177 e. The molecule has 1 fully saturated rings. The molecule has 0 spiro atoms. The van der Waals surface area contributed by atoms with Crippen LogP contribution >= 0.6 is 11.3 Å². The first kappa shape index (κ1) is 16.6. The summed E-state index contributed by atoms with van der Waals surface area (Å²) in [6.45, 7) is 3.49. The summed E-state index contributed by atoms with van der Waals surface area (Å²) in [5.74, 6) is 0.915. The van der Waals surface area contributed by atoms with Crippen LogP contribution in [0.2, 0.25) is 0 Å². The van der Waals surface area contributed by atoms with E-state index in [4.69, 9.17) is 4.98 Å². The highest BCUT2D eigenvalue weighted by atomic mass is 32.1. The predicted octanol–water partition coefficient (Wildman–Crippen LogP) is 4.07. The minimum absolute atomic E-state index is 0.870. The Balaban J connectivity index is 1.46. The van der Waals surface area contributed by atoms with Crippen LogP contribution in [0, 0.1) is 0 Å². The zero-order valence-electron chi connectivity index (χ0n) is 15.4. The Hall–Kier alpha value is -2.51. The third-order valence-corrected chi connectivity index (χ3v) is 6.21. The summed E-state index contributed by atoms with van der Waals surface area (Å²) in [4.78, 5) is 17.7. The van der Waals surface area contributed by atoms with E-state index in [9.17, 15) is 0 Å².